The normalized spacial score (nSPS) is 24.1. The van der Waals surface area contributed by atoms with Crippen molar-refractivity contribution in [2.24, 2.45) is 5.41 Å². The van der Waals surface area contributed by atoms with Crippen LogP contribution in [-0.4, -0.2) is 61.3 Å². The van der Waals surface area contributed by atoms with Gasteiger partial charge in [0.15, 0.2) is 0 Å². The molecule has 5 heteroatoms. The molecule has 0 radical (unpaired) electrons. The first-order chi connectivity index (χ1) is 11.6. The Hall–Kier alpha value is -1.59. The first-order valence-corrected chi connectivity index (χ1v) is 8.83. The van der Waals surface area contributed by atoms with Crippen molar-refractivity contribution in [1.29, 1.82) is 0 Å². The predicted molar refractivity (Wildman–Crippen MR) is 92.8 cm³/mol. The average Bonchev–Trinajstić information content (AvgIpc) is 2.73. The van der Waals surface area contributed by atoms with Gasteiger partial charge in [0, 0.05) is 31.1 Å². The molecule has 0 unspecified atom stereocenters. The van der Waals surface area contributed by atoms with Crippen molar-refractivity contribution in [2.45, 2.75) is 32.9 Å². The molecule has 2 aliphatic rings. The zero-order valence-electron chi connectivity index (χ0n) is 14.7. The third kappa shape index (κ3) is 4.28. The lowest BCUT2D eigenvalue weighted by molar-refractivity contribution is -0.115. The van der Waals surface area contributed by atoms with E-state index in [9.17, 15) is 4.79 Å². The molecule has 3 rings (SSSR count). The summed E-state index contributed by atoms with van der Waals surface area (Å²) < 4.78 is 10.9. The van der Waals surface area contributed by atoms with Crippen LogP contribution in [0.5, 0.6) is 0 Å². The van der Waals surface area contributed by atoms with Crippen LogP contribution in [0.3, 0.4) is 0 Å². The fourth-order valence-corrected chi connectivity index (χ4v) is 3.55. The minimum Gasteiger partial charge on any atom is -0.445 e. The Morgan fingerprint density at radius 2 is 2.04 bits per heavy atom. The number of ether oxygens (including phenoxy) is 2. The molecule has 2 fully saturated rings. The highest BCUT2D eigenvalue weighted by molar-refractivity contribution is 5.68. The van der Waals surface area contributed by atoms with E-state index in [4.69, 9.17) is 9.47 Å². The molecule has 1 atom stereocenters. The van der Waals surface area contributed by atoms with Crippen molar-refractivity contribution < 1.29 is 14.3 Å². The van der Waals surface area contributed by atoms with E-state index in [1.807, 2.05) is 35.2 Å². The van der Waals surface area contributed by atoms with Gasteiger partial charge in [-0.05, 0) is 25.5 Å². The molecule has 0 spiro atoms. The second-order valence-corrected chi connectivity index (χ2v) is 7.47. The SMILES string of the molecule is C[C@H]1CN(CC2(C)COC2)CCCN1C(=O)OCc1ccccc1. The van der Waals surface area contributed by atoms with Gasteiger partial charge in [-0.15, -0.1) is 0 Å². The Morgan fingerprint density at radius 3 is 2.71 bits per heavy atom. The van der Waals surface area contributed by atoms with Crippen molar-refractivity contribution in [2.75, 3.05) is 39.4 Å². The van der Waals surface area contributed by atoms with Gasteiger partial charge in [0.05, 0.1) is 13.2 Å². The van der Waals surface area contributed by atoms with Gasteiger partial charge in [0.25, 0.3) is 0 Å². The van der Waals surface area contributed by atoms with Gasteiger partial charge < -0.3 is 19.3 Å². The summed E-state index contributed by atoms with van der Waals surface area (Å²) in [4.78, 5) is 16.8. The molecule has 1 aromatic carbocycles. The molecular formula is C19H28N2O3. The van der Waals surface area contributed by atoms with Gasteiger partial charge in [0.2, 0.25) is 0 Å². The van der Waals surface area contributed by atoms with Crippen LogP contribution in [0.25, 0.3) is 0 Å². The van der Waals surface area contributed by atoms with Crippen molar-refractivity contribution in [3.05, 3.63) is 35.9 Å². The van der Waals surface area contributed by atoms with E-state index in [0.29, 0.717) is 6.61 Å². The van der Waals surface area contributed by atoms with Gasteiger partial charge in [0.1, 0.15) is 6.61 Å². The molecule has 24 heavy (non-hydrogen) atoms. The lowest BCUT2D eigenvalue weighted by atomic mass is 9.88. The number of hydrogen-bond acceptors (Lipinski definition) is 4. The summed E-state index contributed by atoms with van der Waals surface area (Å²) in [6.07, 6.45) is 0.785. The minimum absolute atomic E-state index is 0.167. The van der Waals surface area contributed by atoms with Crippen LogP contribution in [0, 0.1) is 5.41 Å². The van der Waals surface area contributed by atoms with Gasteiger partial charge in [-0.3, -0.25) is 0 Å². The average molecular weight is 332 g/mol. The fourth-order valence-electron chi connectivity index (χ4n) is 3.55. The molecule has 0 aromatic heterocycles. The van der Waals surface area contributed by atoms with Crippen LogP contribution in [0.2, 0.25) is 0 Å². The van der Waals surface area contributed by atoms with Crippen LogP contribution < -0.4 is 0 Å². The van der Waals surface area contributed by atoms with Gasteiger partial charge in [-0.25, -0.2) is 4.79 Å². The van der Waals surface area contributed by atoms with Gasteiger partial charge in [-0.1, -0.05) is 37.3 Å². The summed E-state index contributed by atoms with van der Waals surface area (Å²) in [6, 6.07) is 10.00. The number of hydrogen-bond donors (Lipinski definition) is 0. The van der Waals surface area contributed by atoms with Crippen molar-refractivity contribution in [3.63, 3.8) is 0 Å². The molecule has 1 aromatic rings. The lowest BCUT2D eigenvalue weighted by Gasteiger charge is -2.42. The zero-order valence-corrected chi connectivity index (χ0v) is 14.7. The maximum absolute atomic E-state index is 12.5. The second kappa shape index (κ2) is 7.53. The number of carbonyl (C=O) groups excluding carboxylic acids is 1. The highest BCUT2D eigenvalue weighted by Crippen LogP contribution is 2.28. The Labute approximate surface area is 144 Å². The van der Waals surface area contributed by atoms with E-state index in [-0.39, 0.29) is 17.6 Å². The molecule has 2 heterocycles. The number of rotatable bonds is 4. The highest BCUT2D eigenvalue weighted by atomic mass is 16.6. The molecule has 0 bridgehead atoms. The summed E-state index contributed by atoms with van der Waals surface area (Å²) in [5, 5.41) is 0. The molecule has 2 aliphatic heterocycles. The smallest absolute Gasteiger partial charge is 0.410 e. The maximum Gasteiger partial charge on any atom is 0.410 e. The summed E-state index contributed by atoms with van der Waals surface area (Å²) in [6.45, 7) is 10.2. The first-order valence-electron chi connectivity index (χ1n) is 8.83. The zero-order chi connectivity index (χ0) is 17.0. The quantitative estimate of drug-likeness (QED) is 0.850. The Kier molecular flexibility index (Phi) is 5.41. The van der Waals surface area contributed by atoms with Crippen LogP contribution in [0.4, 0.5) is 4.79 Å². The summed E-state index contributed by atoms with van der Waals surface area (Å²) in [5.74, 6) is 0. The van der Waals surface area contributed by atoms with E-state index < -0.39 is 0 Å². The molecule has 0 saturated carbocycles. The third-order valence-corrected chi connectivity index (χ3v) is 4.87. The number of nitrogens with zero attached hydrogens (tertiary/aromatic N) is 2. The Balaban J connectivity index is 1.51. The molecular weight excluding hydrogens is 304 g/mol. The standard InChI is InChI=1S/C19H28N2O3/c1-16-11-20(13-19(2)14-23-15-19)9-6-10-21(16)18(22)24-12-17-7-4-3-5-8-17/h3-5,7-8,16H,6,9-15H2,1-2H3/t16-/m0/s1. The van der Waals surface area contributed by atoms with E-state index in [1.54, 1.807) is 0 Å². The van der Waals surface area contributed by atoms with Crippen molar-refractivity contribution in [1.82, 2.24) is 9.80 Å². The van der Waals surface area contributed by atoms with Crippen molar-refractivity contribution in [3.8, 4) is 0 Å². The Bertz CT molecular complexity index is 545. The lowest BCUT2D eigenvalue weighted by Crippen LogP contribution is -2.50. The van der Waals surface area contributed by atoms with Crippen molar-refractivity contribution >= 4 is 6.09 Å². The highest BCUT2D eigenvalue weighted by Gasteiger charge is 2.36. The second-order valence-electron chi connectivity index (χ2n) is 7.47. The monoisotopic (exact) mass is 332 g/mol. The van der Waals surface area contributed by atoms with E-state index in [2.05, 4.69) is 18.7 Å². The summed E-state index contributed by atoms with van der Waals surface area (Å²) in [5.41, 5.74) is 1.30. The molecule has 0 N–H and O–H groups in total. The molecule has 0 aliphatic carbocycles. The van der Waals surface area contributed by atoms with Gasteiger partial charge >= 0.3 is 6.09 Å². The number of carbonyl (C=O) groups is 1. The molecule has 5 nitrogen and oxygen atoms in total. The van der Waals surface area contributed by atoms with Crippen LogP contribution >= 0.6 is 0 Å². The van der Waals surface area contributed by atoms with Gasteiger partial charge in [-0.2, -0.15) is 0 Å². The summed E-state index contributed by atoms with van der Waals surface area (Å²) >= 11 is 0. The first kappa shape index (κ1) is 17.2. The van der Waals surface area contributed by atoms with E-state index >= 15 is 0 Å². The Morgan fingerprint density at radius 1 is 1.29 bits per heavy atom. The third-order valence-electron chi connectivity index (χ3n) is 4.87. The summed E-state index contributed by atoms with van der Waals surface area (Å²) in [7, 11) is 0. The fraction of sp³-hybridized carbons (Fsp3) is 0.632. The van der Waals surface area contributed by atoms with Crippen LogP contribution in [0.1, 0.15) is 25.8 Å². The topological polar surface area (TPSA) is 42.0 Å². The van der Waals surface area contributed by atoms with E-state index in [0.717, 1.165) is 51.4 Å². The number of amides is 1. The van der Waals surface area contributed by atoms with Crippen LogP contribution in [0.15, 0.2) is 30.3 Å². The molecule has 132 valence electrons. The predicted octanol–water partition coefficient (Wildman–Crippen LogP) is 2.76. The van der Waals surface area contributed by atoms with E-state index in [1.165, 1.54) is 0 Å². The van der Waals surface area contributed by atoms with Crippen LogP contribution in [-0.2, 0) is 16.1 Å². The minimum atomic E-state index is -0.202. The largest absolute Gasteiger partial charge is 0.445 e. The number of benzene rings is 1. The maximum atomic E-state index is 12.5. The molecule has 1 amide bonds. The molecule has 2 saturated heterocycles.